The SMILES string of the molecule is CCN(CCCN(C)C)CCCC(C)(C)CCN. The molecule has 0 aromatic heterocycles. The third kappa shape index (κ3) is 9.86. The van der Waals surface area contributed by atoms with Crippen LogP contribution in [0.25, 0.3) is 0 Å². The van der Waals surface area contributed by atoms with Crippen LogP contribution >= 0.6 is 0 Å². The first kappa shape index (κ1) is 17.9. The lowest BCUT2D eigenvalue weighted by Gasteiger charge is -2.26. The number of rotatable bonds is 11. The second-order valence-electron chi connectivity index (χ2n) is 6.40. The Morgan fingerprint density at radius 3 is 2.06 bits per heavy atom. The van der Waals surface area contributed by atoms with E-state index in [1.54, 1.807) is 0 Å². The van der Waals surface area contributed by atoms with Gasteiger partial charge in [-0.3, -0.25) is 0 Å². The van der Waals surface area contributed by atoms with Gasteiger partial charge in [-0.1, -0.05) is 20.8 Å². The predicted octanol–water partition coefficient (Wildman–Crippen LogP) is 2.42. The molecule has 0 unspecified atom stereocenters. The molecule has 18 heavy (non-hydrogen) atoms. The Morgan fingerprint density at radius 1 is 0.944 bits per heavy atom. The smallest absolute Gasteiger partial charge is 0.000667 e. The third-order valence-electron chi connectivity index (χ3n) is 3.68. The fourth-order valence-corrected chi connectivity index (χ4v) is 2.34. The molecule has 110 valence electrons. The second kappa shape index (κ2) is 9.76. The van der Waals surface area contributed by atoms with Crippen molar-refractivity contribution in [3.8, 4) is 0 Å². The molecule has 0 aliphatic heterocycles. The Bertz CT molecular complexity index is 190. The third-order valence-corrected chi connectivity index (χ3v) is 3.68. The number of nitrogens with two attached hydrogens (primary N) is 1. The molecule has 0 amide bonds. The number of hydrogen-bond donors (Lipinski definition) is 1. The van der Waals surface area contributed by atoms with Gasteiger partial charge in [-0.05, 0) is 77.9 Å². The van der Waals surface area contributed by atoms with Crippen LogP contribution in [0.2, 0.25) is 0 Å². The van der Waals surface area contributed by atoms with Crippen LogP contribution in [0.3, 0.4) is 0 Å². The van der Waals surface area contributed by atoms with Gasteiger partial charge in [0.1, 0.15) is 0 Å². The summed E-state index contributed by atoms with van der Waals surface area (Å²) in [6, 6.07) is 0. The van der Waals surface area contributed by atoms with Crippen molar-refractivity contribution in [2.24, 2.45) is 11.1 Å². The van der Waals surface area contributed by atoms with Crippen LogP contribution in [0.1, 0.15) is 46.5 Å². The van der Waals surface area contributed by atoms with Crippen LogP contribution in [0.4, 0.5) is 0 Å². The number of hydrogen-bond acceptors (Lipinski definition) is 3. The van der Waals surface area contributed by atoms with Gasteiger partial charge < -0.3 is 15.5 Å². The van der Waals surface area contributed by atoms with Gasteiger partial charge in [-0.2, -0.15) is 0 Å². The number of nitrogens with zero attached hydrogens (tertiary/aromatic N) is 2. The van der Waals surface area contributed by atoms with Crippen molar-refractivity contribution in [3.05, 3.63) is 0 Å². The molecule has 0 bridgehead atoms. The summed E-state index contributed by atoms with van der Waals surface area (Å²) in [7, 11) is 4.29. The van der Waals surface area contributed by atoms with E-state index < -0.39 is 0 Å². The minimum Gasteiger partial charge on any atom is -0.330 e. The van der Waals surface area contributed by atoms with Crippen molar-refractivity contribution in [2.45, 2.75) is 46.5 Å². The molecule has 0 saturated carbocycles. The Balaban J connectivity index is 3.73. The Hall–Kier alpha value is -0.120. The molecule has 0 aromatic carbocycles. The molecular weight excluding hydrogens is 222 g/mol. The van der Waals surface area contributed by atoms with Crippen molar-refractivity contribution in [1.29, 1.82) is 0 Å². The van der Waals surface area contributed by atoms with Gasteiger partial charge in [-0.25, -0.2) is 0 Å². The Morgan fingerprint density at radius 2 is 1.56 bits per heavy atom. The summed E-state index contributed by atoms with van der Waals surface area (Å²) in [5.74, 6) is 0. The minimum atomic E-state index is 0.414. The fraction of sp³-hybridized carbons (Fsp3) is 1.00. The van der Waals surface area contributed by atoms with E-state index in [4.69, 9.17) is 5.73 Å². The van der Waals surface area contributed by atoms with E-state index in [2.05, 4.69) is 44.7 Å². The topological polar surface area (TPSA) is 32.5 Å². The summed E-state index contributed by atoms with van der Waals surface area (Å²) in [6.45, 7) is 12.6. The van der Waals surface area contributed by atoms with Gasteiger partial charge in [-0.15, -0.1) is 0 Å². The van der Waals surface area contributed by atoms with E-state index in [0.717, 1.165) is 13.0 Å². The summed E-state index contributed by atoms with van der Waals surface area (Å²) in [4.78, 5) is 4.83. The first-order chi connectivity index (χ1) is 8.41. The monoisotopic (exact) mass is 257 g/mol. The Labute approximate surface area is 115 Å². The molecule has 3 nitrogen and oxygen atoms in total. The quantitative estimate of drug-likeness (QED) is 0.617. The van der Waals surface area contributed by atoms with Crippen molar-refractivity contribution in [3.63, 3.8) is 0 Å². The summed E-state index contributed by atoms with van der Waals surface area (Å²) in [6.07, 6.45) is 4.99. The molecule has 3 heteroatoms. The lowest BCUT2D eigenvalue weighted by atomic mass is 9.84. The van der Waals surface area contributed by atoms with E-state index in [0.29, 0.717) is 5.41 Å². The maximum atomic E-state index is 5.65. The molecule has 0 rings (SSSR count). The van der Waals surface area contributed by atoms with Crippen molar-refractivity contribution < 1.29 is 0 Å². The van der Waals surface area contributed by atoms with Gasteiger partial charge in [0, 0.05) is 0 Å². The molecule has 0 spiro atoms. The van der Waals surface area contributed by atoms with Crippen LogP contribution in [-0.4, -0.2) is 56.6 Å². The molecule has 0 atom stereocenters. The highest BCUT2D eigenvalue weighted by atomic mass is 15.1. The first-order valence-corrected chi connectivity index (χ1v) is 7.48. The van der Waals surface area contributed by atoms with Crippen LogP contribution in [-0.2, 0) is 0 Å². The fourth-order valence-electron chi connectivity index (χ4n) is 2.34. The lowest BCUT2D eigenvalue weighted by molar-refractivity contribution is 0.233. The maximum Gasteiger partial charge on any atom is -0.000667 e. The molecule has 0 aromatic rings. The minimum absolute atomic E-state index is 0.414. The highest BCUT2D eigenvalue weighted by Gasteiger charge is 2.16. The van der Waals surface area contributed by atoms with E-state index >= 15 is 0 Å². The second-order valence-corrected chi connectivity index (χ2v) is 6.40. The molecule has 0 aliphatic carbocycles. The summed E-state index contributed by atoms with van der Waals surface area (Å²) < 4.78 is 0. The average molecular weight is 257 g/mol. The summed E-state index contributed by atoms with van der Waals surface area (Å²) in [5, 5.41) is 0. The van der Waals surface area contributed by atoms with Crippen molar-refractivity contribution in [1.82, 2.24) is 9.80 Å². The van der Waals surface area contributed by atoms with Gasteiger partial charge in [0.2, 0.25) is 0 Å². The van der Waals surface area contributed by atoms with Gasteiger partial charge >= 0.3 is 0 Å². The van der Waals surface area contributed by atoms with Gasteiger partial charge in [0.05, 0.1) is 0 Å². The molecule has 0 saturated heterocycles. The van der Waals surface area contributed by atoms with E-state index in [-0.39, 0.29) is 0 Å². The van der Waals surface area contributed by atoms with Crippen LogP contribution < -0.4 is 5.73 Å². The lowest BCUT2D eigenvalue weighted by Crippen LogP contribution is -2.29. The van der Waals surface area contributed by atoms with E-state index in [9.17, 15) is 0 Å². The molecule has 0 aliphatic rings. The zero-order valence-electron chi connectivity index (χ0n) is 13.3. The van der Waals surface area contributed by atoms with Crippen LogP contribution in [0.15, 0.2) is 0 Å². The van der Waals surface area contributed by atoms with Gasteiger partial charge in [0.15, 0.2) is 0 Å². The molecule has 0 fully saturated rings. The van der Waals surface area contributed by atoms with Crippen LogP contribution in [0, 0.1) is 5.41 Å². The van der Waals surface area contributed by atoms with Crippen molar-refractivity contribution >= 4 is 0 Å². The van der Waals surface area contributed by atoms with E-state index in [1.807, 2.05) is 0 Å². The summed E-state index contributed by atoms with van der Waals surface area (Å²) in [5.41, 5.74) is 6.07. The van der Waals surface area contributed by atoms with E-state index in [1.165, 1.54) is 45.4 Å². The first-order valence-electron chi connectivity index (χ1n) is 7.48. The van der Waals surface area contributed by atoms with Crippen molar-refractivity contribution in [2.75, 3.05) is 46.8 Å². The molecule has 0 heterocycles. The average Bonchev–Trinajstić information content (AvgIpc) is 2.26. The Kier molecular flexibility index (Phi) is 9.70. The largest absolute Gasteiger partial charge is 0.330 e. The molecule has 0 radical (unpaired) electrons. The predicted molar refractivity (Wildman–Crippen MR) is 82.0 cm³/mol. The van der Waals surface area contributed by atoms with Gasteiger partial charge in [0.25, 0.3) is 0 Å². The zero-order valence-corrected chi connectivity index (χ0v) is 13.3. The molecule has 2 N–H and O–H groups in total. The zero-order chi connectivity index (χ0) is 14.0. The highest BCUT2D eigenvalue weighted by Crippen LogP contribution is 2.25. The normalized spacial score (nSPS) is 12.7. The summed E-state index contributed by atoms with van der Waals surface area (Å²) >= 11 is 0. The standard InChI is InChI=1S/C15H35N3/c1-6-18(14-8-12-17(4)5)13-7-9-15(2,3)10-11-16/h6-14,16H2,1-5H3. The van der Waals surface area contributed by atoms with Crippen LogP contribution in [0.5, 0.6) is 0 Å². The molecular formula is C15H35N3. The highest BCUT2D eigenvalue weighted by molar-refractivity contribution is 4.70. The maximum absolute atomic E-state index is 5.65.